The van der Waals surface area contributed by atoms with Gasteiger partial charge in [0.25, 0.3) is 0 Å². The molecule has 0 aliphatic carbocycles. The van der Waals surface area contributed by atoms with Crippen LogP contribution in [-0.4, -0.2) is 12.1 Å². The minimum Gasteiger partial charge on any atom is -0.452 e. The molecule has 0 aliphatic rings. The molecule has 0 spiro atoms. The highest BCUT2D eigenvalue weighted by molar-refractivity contribution is 5.39. The molecule has 0 aromatic rings. The van der Waals surface area contributed by atoms with E-state index in [-0.39, 0.29) is 10.9 Å². The first-order chi connectivity index (χ1) is 4.47. The Morgan fingerprint density at radius 1 is 1.50 bits per heavy atom. The summed E-state index contributed by atoms with van der Waals surface area (Å²) >= 11 is 0. The van der Waals surface area contributed by atoms with Crippen LogP contribution in [0.3, 0.4) is 0 Å². The first-order valence-corrected chi connectivity index (χ1v) is 2.52. The van der Waals surface area contributed by atoms with Crippen molar-refractivity contribution >= 4 is 6.47 Å². The highest BCUT2D eigenvalue weighted by atomic mass is 16.6. The molecule has 0 saturated carbocycles. The van der Waals surface area contributed by atoms with Gasteiger partial charge < -0.3 is 4.74 Å². The molecule has 0 aromatic carbocycles. The van der Waals surface area contributed by atoms with Crippen LogP contribution in [0.15, 0.2) is 0 Å². The lowest BCUT2D eigenvalue weighted by Crippen LogP contribution is -2.53. The number of nitrogens with one attached hydrogen (secondary N) is 1. The molecule has 0 unspecified atom stereocenters. The highest BCUT2D eigenvalue weighted by Gasteiger charge is 2.08. The normalized spacial score (nSPS) is 8.70. The SMILES string of the molecule is CC(C)(C)O[C]=O.O=[NH+][O-]. The molecule has 0 saturated heterocycles. The molecule has 0 atom stereocenters. The summed E-state index contributed by atoms with van der Waals surface area (Å²) in [6.07, 6.45) is 0. The van der Waals surface area contributed by atoms with E-state index in [2.05, 4.69) is 4.74 Å². The molecular weight excluding hydrogens is 138 g/mol. The zero-order valence-electron chi connectivity index (χ0n) is 6.13. The third kappa shape index (κ3) is 28.7. The summed E-state index contributed by atoms with van der Waals surface area (Å²) in [5.41, 5.74) is -0.373. The summed E-state index contributed by atoms with van der Waals surface area (Å²) in [6.45, 7) is 6.73. The summed E-state index contributed by atoms with van der Waals surface area (Å²) in [7, 11) is 0. The van der Waals surface area contributed by atoms with Crippen molar-refractivity contribution in [1.29, 1.82) is 0 Å². The Hall–Kier alpha value is -1.13. The predicted octanol–water partition coefficient (Wildman–Crippen LogP) is -0.800. The third-order valence-electron chi connectivity index (χ3n) is 0.348. The lowest BCUT2D eigenvalue weighted by molar-refractivity contribution is -0.398. The van der Waals surface area contributed by atoms with Crippen LogP contribution in [-0.2, 0) is 9.53 Å². The van der Waals surface area contributed by atoms with Crippen LogP contribution < -0.4 is 5.34 Å². The predicted molar refractivity (Wildman–Crippen MR) is 34.2 cm³/mol. The van der Waals surface area contributed by atoms with Crippen LogP contribution in [0.1, 0.15) is 20.8 Å². The molecule has 0 aromatic heterocycles. The van der Waals surface area contributed by atoms with Gasteiger partial charge in [-0.2, -0.15) is 0 Å². The molecular formula is C5H10NO4. The first-order valence-electron chi connectivity index (χ1n) is 2.52. The minimum atomic E-state index is -0.373. The van der Waals surface area contributed by atoms with Gasteiger partial charge in [0.05, 0.1) is 0 Å². The summed E-state index contributed by atoms with van der Waals surface area (Å²) < 4.78 is 4.42. The van der Waals surface area contributed by atoms with Crippen molar-refractivity contribution < 1.29 is 14.9 Å². The second-order valence-electron chi connectivity index (χ2n) is 2.38. The van der Waals surface area contributed by atoms with Crippen molar-refractivity contribution in [3.8, 4) is 0 Å². The topological polar surface area (TPSA) is 80.4 Å². The smallest absolute Gasteiger partial charge is 0.418 e. The Balaban J connectivity index is 0. The van der Waals surface area contributed by atoms with Gasteiger partial charge in [0.2, 0.25) is 0 Å². The molecule has 0 bridgehead atoms. The van der Waals surface area contributed by atoms with Crippen LogP contribution in [0.5, 0.6) is 0 Å². The van der Waals surface area contributed by atoms with E-state index in [1.165, 1.54) is 6.47 Å². The Labute approximate surface area is 58.9 Å². The molecule has 0 heterocycles. The van der Waals surface area contributed by atoms with Gasteiger partial charge in [-0.1, -0.05) is 0 Å². The van der Waals surface area contributed by atoms with Crippen molar-refractivity contribution in [3.63, 3.8) is 0 Å². The van der Waals surface area contributed by atoms with Crippen LogP contribution >= 0.6 is 0 Å². The molecule has 5 heteroatoms. The van der Waals surface area contributed by atoms with E-state index in [1.807, 2.05) is 0 Å². The number of hydrogen-bond acceptors (Lipinski definition) is 4. The average molecular weight is 148 g/mol. The third-order valence-corrected chi connectivity index (χ3v) is 0.348. The molecule has 5 nitrogen and oxygen atoms in total. The second-order valence-corrected chi connectivity index (χ2v) is 2.38. The molecule has 0 amide bonds. The zero-order chi connectivity index (χ0) is 8.62. The van der Waals surface area contributed by atoms with Crippen LogP contribution in [0.4, 0.5) is 0 Å². The lowest BCUT2D eigenvalue weighted by atomic mass is 10.2. The maximum Gasteiger partial charge on any atom is 0.418 e. The highest BCUT2D eigenvalue weighted by Crippen LogP contribution is 2.02. The summed E-state index contributed by atoms with van der Waals surface area (Å²) in [6, 6.07) is 0. The Morgan fingerprint density at radius 3 is 1.80 bits per heavy atom. The van der Waals surface area contributed by atoms with E-state index < -0.39 is 0 Å². The first kappa shape index (κ1) is 11.6. The van der Waals surface area contributed by atoms with Crippen molar-refractivity contribution in [1.82, 2.24) is 0 Å². The van der Waals surface area contributed by atoms with Gasteiger partial charge in [-0.15, -0.1) is 0 Å². The molecule has 1 radical (unpaired) electrons. The van der Waals surface area contributed by atoms with Crippen LogP contribution in [0.25, 0.3) is 0 Å². The number of rotatable bonds is 1. The lowest BCUT2D eigenvalue weighted by Gasteiger charge is -2.13. The average Bonchev–Trinajstić information content (AvgIpc) is 1.63. The number of hydrogen-bond donors (Lipinski definition) is 1. The molecule has 10 heavy (non-hydrogen) atoms. The molecule has 59 valence electrons. The number of ether oxygens (including phenoxy) is 1. The van der Waals surface area contributed by atoms with Gasteiger partial charge in [-0.25, -0.2) is 4.79 Å². The maximum absolute atomic E-state index is 9.47. The van der Waals surface area contributed by atoms with Gasteiger partial charge in [-0.3, -0.25) is 10.1 Å². The van der Waals surface area contributed by atoms with E-state index in [9.17, 15) is 4.79 Å². The van der Waals surface area contributed by atoms with E-state index in [0.717, 1.165) is 0 Å². The van der Waals surface area contributed by atoms with E-state index in [1.54, 1.807) is 20.8 Å². The van der Waals surface area contributed by atoms with Gasteiger partial charge in [0.15, 0.2) is 0 Å². The maximum atomic E-state index is 9.47. The molecule has 0 fully saturated rings. The van der Waals surface area contributed by atoms with Gasteiger partial charge in [0.1, 0.15) is 5.60 Å². The summed E-state index contributed by atoms with van der Waals surface area (Å²) in [5, 5.41) is 8.38. The van der Waals surface area contributed by atoms with Gasteiger partial charge in [0, 0.05) is 5.34 Å². The fourth-order valence-electron chi connectivity index (χ4n) is 0.125. The molecule has 1 N–H and O–H groups in total. The van der Waals surface area contributed by atoms with Crippen LogP contribution in [0, 0.1) is 10.1 Å². The largest absolute Gasteiger partial charge is 0.452 e. The molecule has 0 aliphatic heterocycles. The van der Waals surface area contributed by atoms with Crippen LogP contribution in [0.2, 0.25) is 0 Å². The fourth-order valence-corrected chi connectivity index (χ4v) is 0.125. The monoisotopic (exact) mass is 148 g/mol. The van der Waals surface area contributed by atoms with Crippen molar-refractivity contribution in [2.45, 2.75) is 26.4 Å². The van der Waals surface area contributed by atoms with E-state index in [4.69, 9.17) is 10.1 Å². The molecule has 0 rings (SSSR count). The minimum absolute atomic E-state index is 0.250. The van der Waals surface area contributed by atoms with E-state index in [0.29, 0.717) is 0 Å². The Morgan fingerprint density at radius 2 is 1.80 bits per heavy atom. The van der Waals surface area contributed by atoms with Gasteiger partial charge in [-0.05, 0) is 20.8 Å². The Bertz CT molecular complexity index is 96.3. The standard InChI is InChI=1S/C5H9O2.HNO2/c1-5(2,3)7-4-6;2-1-3/h1-3H3;1H. The Kier molecular flexibility index (Phi) is 6.98. The van der Waals surface area contributed by atoms with E-state index >= 15 is 0 Å². The summed E-state index contributed by atoms with van der Waals surface area (Å²) in [4.78, 5) is 17.6. The van der Waals surface area contributed by atoms with Crippen molar-refractivity contribution in [2.24, 2.45) is 0 Å². The number of carbonyl (C=O) groups excluding carboxylic acids is 1. The fraction of sp³-hybridized carbons (Fsp3) is 0.800. The second kappa shape index (κ2) is 6.00. The van der Waals surface area contributed by atoms with Crippen molar-refractivity contribution in [2.75, 3.05) is 0 Å². The van der Waals surface area contributed by atoms with Gasteiger partial charge >= 0.3 is 6.47 Å². The quantitative estimate of drug-likeness (QED) is 0.390. The summed E-state index contributed by atoms with van der Waals surface area (Å²) in [5.74, 6) is 0. The van der Waals surface area contributed by atoms with Crippen molar-refractivity contribution in [3.05, 3.63) is 10.1 Å². The zero-order valence-corrected chi connectivity index (χ0v) is 6.13.